The number of rotatable bonds is 8. The second-order valence-electron chi connectivity index (χ2n) is 7.18. The van der Waals surface area contributed by atoms with Gasteiger partial charge in [0.05, 0.1) is 10.6 Å². The molecule has 0 fully saturated rings. The van der Waals surface area contributed by atoms with Crippen LogP contribution in [0.4, 0.5) is 0 Å². The van der Waals surface area contributed by atoms with Crippen molar-refractivity contribution in [3.63, 3.8) is 0 Å². The molecule has 3 rings (SSSR count). The predicted molar refractivity (Wildman–Crippen MR) is 111 cm³/mol. The molecule has 0 unspecified atom stereocenters. The standard InChI is InChI=1S/C22H27NO5S/c1-3-11-23(16-18-6-4-17(2)5-7-18)22(24)10-14-29(25,26)19-8-9-20-21(15-19)28-13-12-27-20/h4-9,15H,3,10-14,16H2,1-2H3. The molecule has 0 N–H and O–H groups in total. The first-order chi connectivity index (χ1) is 13.9. The first-order valence-corrected chi connectivity index (χ1v) is 11.5. The summed E-state index contributed by atoms with van der Waals surface area (Å²) in [5, 5.41) is 0. The highest BCUT2D eigenvalue weighted by molar-refractivity contribution is 7.91. The van der Waals surface area contributed by atoms with E-state index in [4.69, 9.17) is 9.47 Å². The van der Waals surface area contributed by atoms with E-state index in [1.54, 1.807) is 11.0 Å². The second kappa shape index (κ2) is 9.31. The molecule has 0 saturated carbocycles. The summed E-state index contributed by atoms with van der Waals surface area (Å²) in [6, 6.07) is 12.6. The van der Waals surface area contributed by atoms with E-state index in [1.165, 1.54) is 12.1 Å². The minimum absolute atomic E-state index is 0.0529. The van der Waals surface area contributed by atoms with Crippen molar-refractivity contribution < 1.29 is 22.7 Å². The lowest BCUT2D eigenvalue weighted by molar-refractivity contribution is -0.131. The molecule has 2 aromatic carbocycles. The molecule has 0 spiro atoms. The summed E-state index contributed by atoms with van der Waals surface area (Å²) < 4.78 is 36.4. The summed E-state index contributed by atoms with van der Waals surface area (Å²) in [5.41, 5.74) is 2.19. The lowest BCUT2D eigenvalue weighted by atomic mass is 10.1. The van der Waals surface area contributed by atoms with Gasteiger partial charge < -0.3 is 14.4 Å². The molecule has 6 nitrogen and oxygen atoms in total. The highest BCUT2D eigenvalue weighted by atomic mass is 32.2. The average molecular weight is 418 g/mol. The first-order valence-electron chi connectivity index (χ1n) is 9.85. The van der Waals surface area contributed by atoms with Gasteiger partial charge in [-0.1, -0.05) is 36.8 Å². The Bertz CT molecular complexity index is 954. The molecule has 0 aromatic heterocycles. The van der Waals surface area contributed by atoms with E-state index in [9.17, 15) is 13.2 Å². The van der Waals surface area contributed by atoms with E-state index in [0.29, 0.717) is 37.8 Å². The van der Waals surface area contributed by atoms with Gasteiger partial charge in [0.2, 0.25) is 5.91 Å². The summed E-state index contributed by atoms with van der Waals surface area (Å²) in [6.45, 7) is 5.93. The van der Waals surface area contributed by atoms with Crippen molar-refractivity contribution in [3.8, 4) is 11.5 Å². The Balaban J connectivity index is 1.65. The third-order valence-corrected chi connectivity index (χ3v) is 6.51. The van der Waals surface area contributed by atoms with Crippen LogP contribution in [-0.4, -0.2) is 44.7 Å². The van der Waals surface area contributed by atoms with Gasteiger partial charge in [-0.05, 0) is 31.0 Å². The summed E-state index contributed by atoms with van der Waals surface area (Å²) in [6.07, 6.45) is 0.759. The van der Waals surface area contributed by atoms with Crippen LogP contribution in [0.1, 0.15) is 30.9 Å². The largest absolute Gasteiger partial charge is 0.486 e. The Morgan fingerprint density at radius 1 is 1.03 bits per heavy atom. The first kappa shape index (κ1) is 21.2. The van der Waals surface area contributed by atoms with E-state index >= 15 is 0 Å². The number of ether oxygens (including phenoxy) is 2. The lowest BCUT2D eigenvalue weighted by Gasteiger charge is -2.22. The highest BCUT2D eigenvalue weighted by Crippen LogP contribution is 2.32. The van der Waals surface area contributed by atoms with Crippen LogP contribution in [-0.2, 0) is 21.2 Å². The van der Waals surface area contributed by atoms with Crippen molar-refractivity contribution in [1.29, 1.82) is 0 Å². The van der Waals surface area contributed by atoms with Crippen molar-refractivity contribution in [1.82, 2.24) is 4.90 Å². The van der Waals surface area contributed by atoms with Gasteiger partial charge >= 0.3 is 0 Å². The van der Waals surface area contributed by atoms with Crippen molar-refractivity contribution in [2.45, 2.75) is 38.1 Å². The molecule has 0 bridgehead atoms. The van der Waals surface area contributed by atoms with Crippen molar-refractivity contribution in [2.75, 3.05) is 25.5 Å². The Hall–Kier alpha value is -2.54. The van der Waals surface area contributed by atoms with Gasteiger partial charge in [0, 0.05) is 25.6 Å². The molecular weight excluding hydrogens is 390 g/mol. The summed E-state index contributed by atoms with van der Waals surface area (Å²) in [7, 11) is -3.60. The molecule has 1 heterocycles. The van der Waals surface area contributed by atoms with Crippen LogP contribution < -0.4 is 9.47 Å². The Kier molecular flexibility index (Phi) is 6.79. The Morgan fingerprint density at radius 2 is 1.72 bits per heavy atom. The normalized spacial score (nSPS) is 13.2. The van der Waals surface area contributed by atoms with Crippen LogP contribution in [0, 0.1) is 6.92 Å². The lowest BCUT2D eigenvalue weighted by Crippen LogP contribution is -2.32. The van der Waals surface area contributed by atoms with Crippen LogP contribution in [0.25, 0.3) is 0 Å². The van der Waals surface area contributed by atoms with Gasteiger partial charge in [-0.15, -0.1) is 0 Å². The van der Waals surface area contributed by atoms with E-state index in [1.807, 2.05) is 38.1 Å². The third kappa shape index (κ3) is 5.50. The third-order valence-electron chi connectivity index (χ3n) is 4.80. The maximum atomic E-state index is 12.7. The quantitative estimate of drug-likeness (QED) is 0.658. The molecule has 1 aliphatic rings. The Labute approximate surface area is 172 Å². The number of aryl methyl sites for hydroxylation is 1. The summed E-state index contributed by atoms with van der Waals surface area (Å²) in [5.74, 6) is 0.572. The summed E-state index contributed by atoms with van der Waals surface area (Å²) in [4.78, 5) is 14.6. The SMILES string of the molecule is CCCN(Cc1ccc(C)cc1)C(=O)CCS(=O)(=O)c1ccc2c(c1)OCCO2. The van der Waals surface area contributed by atoms with Crippen LogP contribution >= 0.6 is 0 Å². The second-order valence-corrected chi connectivity index (χ2v) is 9.28. The monoisotopic (exact) mass is 417 g/mol. The van der Waals surface area contributed by atoms with Crippen molar-refractivity contribution in [2.24, 2.45) is 0 Å². The number of amides is 1. The topological polar surface area (TPSA) is 72.9 Å². The molecule has 1 amide bonds. The van der Waals surface area contributed by atoms with Crippen LogP contribution in [0.2, 0.25) is 0 Å². The molecule has 156 valence electrons. The number of carbonyl (C=O) groups is 1. The number of hydrogen-bond acceptors (Lipinski definition) is 5. The van der Waals surface area contributed by atoms with Crippen molar-refractivity contribution >= 4 is 15.7 Å². The highest BCUT2D eigenvalue weighted by Gasteiger charge is 2.22. The van der Waals surface area contributed by atoms with Gasteiger partial charge in [-0.2, -0.15) is 0 Å². The smallest absolute Gasteiger partial charge is 0.223 e. The number of sulfone groups is 1. The van der Waals surface area contributed by atoms with Crippen LogP contribution in [0.5, 0.6) is 11.5 Å². The molecule has 0 aliphatic carbocycles. The maximum Gasteiger partial charge on any atom is 0.223 e. The molecule has 29 heavy (non-hydrogen) atoms. The van der Waals surface area contributed by atoms with E-state index in [-0.39, 0.29) is 23.0 Å². The molecule has 0 saturated heterocycles. The van der Waals surface area contributed by atoms with Crippen LogP contribution in [0.3, 0.4) is 0 Å². The number of carbonyl (C=O) groups excluding carboxylic acids is 1. The van der Waals surface area contributed by atoms with Gasteiger partial charge in [-0.3, -0.25) is 4.79 Å². The van der Waals surface area contributed by atoms with Crippen molar-refractivity contribution in [3.05, 3.63) is 53.6 Å². The fourth-order valence-corrected chi connectivity index (χ4v) is 4.43. The maximum absolute atomic E-state index is 12.7. The Morgan fingerprint density at radius 3 is 2.41 bits per heavy atom. The van der Waals surface area contributed by atoms with Gasteiger partial charge in [0.15, 0.2) is 21.3 Å². The molecule has 1 aliphatic heterocycles. The minimum Gasteiger partial charge on any atom is -0.486 e. The number of benzene rings is 2. The number of hydrogen-bond donors (Lipinski definition) is 0. The molecule has 7 heteroatoms. The molecular formula is C22H27NO5S. The van der Waals surface area contributed by atoms with Gasteiger partial charge in [0.1, 0.15) is 13.2 Å². The van der Waals surface area contributed by atoms with E-state index in [0.717, 1.165) is 17.5 Å². The number of fused-ring (bicyclic) bond motifs is 1. The van der Waals surface area contributed by atoms with E-state index < -0.39 is 9.84 Å². The fraction of sp³-hybridized carbons (Fsp3) is 0.409. The summed E-state index contributed by atoms with van der Waals surface area (Å²) >= 11 is 0. The average Bonchev–Trinajstić information content (AvgIpc) is 2.73. The van der Waals surface area contributed by atoms with Gasteiger partial charge in [-0.25, -0.2) is 8.42 Å². The molecule has 2 aromatic rings. The minimum atomic E-state index is -3.60. The zero-order chi connectivity index (χ0) is 20.9. The van der Waals surface area contributed by atoms with E-state index in [2.05, 4.69) is 0 Å². The zero-order valence-electron chi connectivity index (χ0n) is 16.9. The van der Waals surface area contributed by atoms with Gasteiger partial charge in [0.25, 0.3) is 0 Å². The van der Waals surface area contributed by atoms with Crippen LogP contribution in [0.15, 0.2) is 47.4 Å². The fourth-order valence-electron chi connectivity index (χ4n) is 3.19. The number of nitrogens with zero attached hydrogens (tertiary/aromatic N) is 1. The molecule has 0 atom stereocenters. The zero-order valence-corrected chi connectivity index (χ0v) is 17.7. The molecule has 0 radical (unpaired) electrons. The predicted octanol–water partition coefficient (Wildman–Crippen LogP) is 3.37.